The molecule has 0 aliphatic carbocycles. The number of alkyl halides is 6. The molecule has 1 N–H and O–H groups in total. The topological polar surface area (TPSA) is 67.8 Å². The number of carbonyl (C=O) groups excluding carboxylic acids is 2. The van der Waals surface area contributed by atoms with Crippen molar-refractivity contribution in [1.29, 1.82) is 0 Å². The van der Waals surface area contributed by atoms with E-state index in [0.29, 0.717) is 5.56 Å². The van der Waals surface area contributed by atoms with Crippen molar-refractivity contribution >= 4 is 40.6 Å². The summed E-state index contributed by atoms with van der Waals surface area (Å²) in [7, 11) is 0. The van der Waals surface area contributed by atoms with Crippen molar-refractivity contribution in [1.82, 2.24) is 5.32 Å². The van der Waals surface area contributed by atoms with Crippen LogP contribution in [0, 0.1) is 6.92 Å². The minimum absolute atomic E-state index is 0.0102. The van der Waals surface area contributed by atoms with Gasteiger partial charge in [-0.15, -0.1) is 0 Å². The van der Waals surface area contributed by atoms with Crippen molar-refractivity contribution in [3.05, 3.63) is 68.7 Å². The van der Waals surface area contributed by atoms with Crippen molar-refractivity contribution in [3.8, 4) is 0 Å². The molecule has 194 valence electrons. The van der Waals surface area contributed by atoms with E-state index in [4.69, 9.17) is 28.0 Å². The summed E-state index contributed by atoms with van der Waals surface area (Å²) in [6, 6.07) is 7.65. The molecule has 5 nitrogen and oxygen atoms in total. The highest BCUT2D eigenvalue weighted by atomic mass is 35.5. The largest absolute Gasteiger partial charge is 0.435 e. The summed E-state index contributed by atoms with van der Waals surface area (Å²) in [6.07, 6.45) is -10.9. The van der Waals surface area contributed by atoms with Crippen LogP contribution in [0.2, 0.25) is 10.0 Å². The second-order valence-electron chi connectivity index (χ2n) is 8.13. The summed E-state index contributed by atoms with van der Waals surface area (Å²) in [4.78, 5) is 28.9. The Balaban J connectivity index is 1.75. The fraction of sp³-hybridized carbons (Fsp3) is 0.348. The minimum Gasteiger partial charge on any atom is -0.374 e. The van der Waals surface area contributed by atoms with Gasteiger partial charge < -0.3 is 10.2 Å². The zero-order chi connectivity index (χ0) is 26.9. The van der Waals surface area contributed by atoms with E-state index in [0.717, 1.165) is 12.1 Å². The second-order valence-corrected chi connectivity index (χ2v) is 9.01. The normalized spacial score (nSPS) is 18.0. The Labute approximate surface area is 211 Å². The second kappa shape index (κ2) is 10.3. The van der Waals surface area contributed by atoms with Gasteiger partial charge in [0.25, 0.3) is 5.60 Å². The van der Waals surface area contributed by atoms with Crippen LogP contribution in [0.15, 0.2) is 41.6 Å². The van der Waals surface area contributed by atoms with E-state index in [2.05, 4.69) is 5.16 Å². The van der Waals surface area contributed by atoms with E-state index in [-0.39, 0.29) is 38.9 Å². The molecular formula is C23H18Cl2F6N2O3. The third-order valence-electron chi connectivity index (χ3n) is 5.44. The summed E-state index contributed by atoms with van der Waals surface area (Å²) < 4.78 is 79.0. The first-order valence-corrected chi connectivity index (χ1v) is 11.1. The van der Waals surface area contributed by atoms with E-state index >= 15 is 0 Å². The molecule has 0 spiro atoms. The van der Waals surface area contributed by atoms with Crippen LogP contribution in [0.25, 0.3) is 0 Å². The van der Waals surface area contributed by atoms with Crippen LogP contribution in [-0.2, 0) is 15.2 Å². The van der Waals surface area contributed by atoms with Crippen LogP contribution >= 0.6 is 23.2 Å². The van der Waals surface area contributed by atoms with Crippen LogP contribution in [0.4, 0.5) is 26.3 Å². The smallest absolute Gasteiger partial charge is 0.374 e. The standard InChI is InChI=1S/C23H18Cl2F6N2O3/c1-12-6-13(2-3-17(12)19(34)4-5-20(35)32-11-22(26,27)28)18-10-21(36-33-18,23(29,30)31)14-7-15(24)9-16(25)8-14/h2-3,6-9H,4-5,10-11H2,1H3,(H,32,35)/t21-/m0/s1. The minimum atomic E-state index is -4.87. The molecule has 0 aromatic heterocycles. The van der Waals surface area contributed by atoms with Crippen LogP contribution in [-0.4, -0.2) is 36.3 Å². The number of Topliss-reactive ketones (excluding diaryl/α,β-unsaturated/α-hetero) is 1. The van der Waals surface area contributed by atoms with E-state index in [1.165, 1.54) is 31.2 Å². The summed E-state index contributed by atoms with van der Waals surface area (Å²) in [5.74, 6) is -1.44. The Morgan fingerprint density at radius 3 is 2.22 bits per heavy atom. The maximum Gasteiger partial charge on any atom is 0.435 e. The molecule has 2 aromatic carbocycles. The Morgan fingerprint density at radius 1 is 1.03 bits per heavy atom. The molecule has 1 heterocycles. The summed E-state index contributed by atoms with van der Waals surface area (Å²) in [6.45, 7) is 0.0311. The number of rotatable bonds is 7. The fourth-order valence-corrected chi connectivity index (χ4v) is 4.18. The lowest BCUT2D eigenvalue weighted by atomic mass is 9.86. The number of nitrogens with one attached hydrogen (secondary N) is 1. The SMILES string of the molecule is Cc1cc(C2=NO[C@@](c3cc(Cl)cc(Cl)c3)(C(F)(F)F)C2)ccc1C(=O)CCC(=O)NCC(F)(F)F. The van der Waals surface area contributed by atoms with Crippen molar-refractivity contribution in [2.45, 2.75) is 44.1 Å². The van der Waals surface area contributed by atoms with Gasteiger partial charge >= 0.3 is 12.4 Å². The summed E-state index contributed by atoms with van der Waals surface area (Å²) in [5.41, 5.74) is -2.35. The van der Waals surface area contributed by atoms with Gasteiger partial charge in [0.2, 0.25) is 5.91 Å². The lowest BCUT2D eigenvalue weighted by molar-refractivity contribution is -0.275. The first-order chi connectivity index (χ1) is 16.6. The van der Waals surface area contributed by atoms with Gasteiger partial charge in [0.15, 0.2) is 5.78 Å². The van der Waals surface area contributed by atoms with Gasteiger partial charge in [-0.05, 0) is 42.3 Å². The Morgan fingerprint density at radius 2 is 1.67 bits per heavy atom. The molecule has 0 saturated heterocycles. The number of benzene rings is 2. The predicted molar refractivity (Wildman–Crippen MR) is 120 cm³/mol. The average molecular weight is 555 g/mol. The van der Waals surface area contributed by atoms with Crippen molar-refractivity contribution in [2.75, 3.05) is 6.54 Å². The summed E-state index contributed by atoms with van der Waals surface area (Å²) >= 11 is 11.8. The molecule has 0 saturated carbocycles. The highest BCUT2D eigenvalue weighted by molar-refractivity contribution is 6.34. The molecule has 1 aliphatic heterocycles. The van der Waals surface area contributed by atoms with Crippen LogP contribution in [0.5, 0.6) is 0 Å². The summed E-state index contributed by atoms with van der Waals surface area (Å²) in [5, 5.41) is 5.31. The molecule has 1 amide bonds. The quantitative estimate of drug-likeness (QED) is 0.312. The molecule has 0 unspecified atom stereocenters. The third kappa shape index (κ3) is 6.31. The zero-order valence-electron chi connectivity index (χ0n) is 18.5. The van der Waals surface area contributed by atoms with Gasteiger partial charge in [0.1, 0.15) is 6.54 Å². The first kappa shape index (κ1) is 27.8. The highest BCUT2D eigenvalue weighted by Crippen LogP contribution is 2.49. The molecular weight excluding hydrogens is 537 g/mol. The number of amides is 1. The van der Waals surface area contributed by atoms with E-state index in [1.807, 2.05) is 0 Å². The molecule has 0 bridgehead atoms. The van der Waals surface area contributed by atoms with E-state index in [1.54, 1.807) is 5.32 Å². The van der Waals surface area contributed by atoms with Gasteiger partial charge in [0, 0.05) is 40.4 Å². The highest BCUT2D eigenvalue weighted by Gasteiger charge is 2.62. The zero-order valence-corrected chi connectivity index (χ0v) is 20.0. The Kier molecular flexibility index (Phi) is 7.95. The lowest BCUT2D eigenvalue weighted by Crippen LogP contribution is -2.42. The van der Waals surface area contributed by atoms with Crippen molar-refractivity contribution in [2.24, 2.45) is 5.16 Å². The molecule has 1 aliphatic rings. The molecule has 36 heavy (non-hydrogen) atoms. The molecule has 0 radical (unpaired) electrons. The predicted octanol–water partition coefficient (Wildman–Crippen LogP) is 6.53. The monoisotopic (exact) mass is 554 g/mol. The maximum absolute atomic E-state index is 14.1. The Hall–Kier alpha value is -2.79. The number of nitrogens with zero attached hydrogens (tertiary/aromatic N) is 1. The molecule has 1 atom stereocenters. The van der Waals surface area contributed by atoms with Crippen molar-refractivity contribution in [3.63, 3.8) is 0 Å². The van der Waals surface area contributed by atoms with Gasteiger partial charge in [-0.1, -0.05) is 40.5 Å². The Bertz CT molecular complexity index is 1190. The van der Waals surface area contributed by atoms with Gasteiger partial charge in [-0.2, -0.15) is 26.3 Å². The average Bonchev–Trinajstić information content (AvgIpc) is 3.22. The van der Waals surface area contributed by atoms with Crippen LogP contribution < -0.4 is 5.32 Å². The third-order valence-corrected chi connectivity index (χ3v) is 5.88. The van der Waals surface area contributed by atoms with Gasteiger partial charge in [0.05, 0.1) is 5.71 Å². The molecule has 0 fully saturated rings. The number of halogens is 8. The van der Waals surface area contributed by atoms with E-state index < -0.39 is 49.0 Å². The van der Waals surface area contributed by atoms with Crippen LogP contribution in [0.3, 0.4) is 0 Å². The molecule has 13 heteroatoms. The van der Waals surface area contributed by atoms with E-state index in [9.17, 15) is 35.9 Å². The lowest BCUT2D eigenvalue weighted by Gasteiger charge is -2.29. The molecule has 2 aromatic rings. The number of carbonyl (C=O) groups is 2. The number of oxime groups is 1. The molecule has 3 rings (SSSR count). The fourth-order valence-electron chi connectivity index (χ4n) is 3.65. The maximum atomic E-state index is 14.1. The van der Waals surface area contributed by atoms with Crippen molar-refractivity contribution < 1.29 is 40.8 Å². The number of ketones is 1. The number of aryl methyl sites for hydroxylation is 1. The number of hydrogen-bond acceptors (Lipinski definition) is 4. The first-order valence-electron chi connectivity index (χ1n) is 10.4. The van der Waals surface area contributed by atoms with Gasteiger partial charge in [-0.3, -0.25) is 9.59 Å². The number of hydrogen-bond donors (Lipinski definition) is 1. The van der Waals surface area contributed by atoms with Crippen LogP contribution in [0.1, 0.15) is 46.3 Å². The van der Waals surface area contributed by atoms with Gasteiger partial charge in [-0.25, -0.2) is 0 Å².